The van der Waals surface area contributed by atoms with E-state index in [1.54, 1.807) is 6.08 Å². The lowest BCUT2D eigenvalue weighted by Crippen LogP contribution is -2.37. The highest BCUT2D eigenvalue weighted by Gasteiger charge is 2.13. The van der Waals surface area contributed by atoms with E-state index in [1.165, 1.54) is 4.90 Å². The van der Waals surface area contributed by atoms with Gasteiger partial charge in [0.25, 0.3) is 0 Å². The van der Waals surface area contributed by atoms with Gasteiger partial charge in [-0.15, -0.1) is 6.58 Å². The number of carbonyl (C=O) groups excluding carboxylic acids is 1. The highest BCUT2D eigenvalue weighted by atomic mass is 127. The number of nitrogens with one attached hydrogen (secondary N) is 1. The Labute approximate surface area is 131 Å². The monoisotopic (exact) mass is 388 g/mol. The predicted molar refractivity (Wildman–Crippen MR) is 86.8 cm³/mol. The summed E-state index contributed by atoms with van der Waals surface area (Å²) in [5.41, 5.74) is 1.71. The molecule has 0 saturated carbocycles. The fraction of sp³-hybridized carbons (Fsp3) is 0.286. The third kappa shape index (κ3) is 5.70. The predicted octanol–water partition coefficient (Wildman–Crippen LogP) is 2.11. The van der Waals surface area contributed by atoms with Crippen LogP contribution in [0.15, 0.2) is 30.9 Å². The normalized spacial score (nSPS) is 10.3. The van der Waals surface area contributed by atoms with Crippen LogP contribution in [0.4, 0.5) is 5.69 Å². The number of carboxylic acids is 1. The Kier molecular flexibility index (Phi) is 6.66. The van der Waals surface area contributed by atoms with Gasteiger partial charge in [0.15, 0.2) is 0 Å². The van der Waals surface area contributed by atoms with E-state index >= 15 is 0 Å². The van der Waals surface area contributed by atoms with Crippen LogP contribution in [0.25, 0.3) is 0 Å². The summed E-state index contributed by atoms with van der Waals surface area (Å²) < 4.78 is 1.09. The van der Waals surface area contributed by atoms with Gasteiger partial charge in [0, 0.05) is 15.8 Å². The number of amides is 1. The second-order valence-electron chi connectivity index (χ2n) is 4.36. The first-order valence-corrected chi connectivity index (χ1v) is 7.11. The van der Waals surface area contributed by atoms with Crippen molar-refractivity contribution in [3.05, 3.63) is 40.0 Å². The molecule has 0 fully saturated rings. The molecule has 1 rings (SSSR count). The Balaban J connectivity index is 2.65. The van der Waals surface area contributed by atoms with Crippen LogP contribution in [0.2, 0.25) is 0 Å². The molecule has 0 aromatic heterocycles. The standard InChI is InChI=1S/C14H17IN2O3/c1-3-6-17(9-14(19)20)8-13(18)16-12-5-4-11(15)7-10(12)2/h3-5,7H,1,6,8-9H2,2H3,(H,16,18)(H,19,20). The van der Waals surface area contributed by atoms with Crippen molar-refractivity contribution >= 4 is 40.2 Å². The molecule has 0 atom stereocenters. The summed E-state index contributed by atoms with van der Waals surface area (Å²) in [5, 5.41) is 11.6. The van der Waals surface area contributed by atoms with Crippen LogP contribution in [-0.4, -0.2) is 41.5 Å². The van der Waals surface area contributed by atoms with Crippen LogP contribution in [0.3, 0.4) is 0 Å². The van der Waals surface area contributed by atoms with Gasteiger partial charge in [-0.2, -0.15) is 0 Å². The molecule has 0 saturated heterocycles. The average Bonchev–Trinajstić information content (AvgIpc) is 2.32. The number of halogens is 1. The number of carbonyl (C=O) groups is 2. The summed E-state index contributed by atoms with van der Waals surface area (Å²) in [5.74, 6) is -1.21. The molecule has 0 unspecified atom stereocenters. The van der Waals surface area contributed by atoms with Gasteiger partial charge in [-0.05, 0) is 53.3 Å². The van der Waals surface area contributed by atoms with E-state index in [-0.39, 0.29) is 19.0 Å². The molecule has 0 aliphatic rings. The minimum Gasteiger partial charge on any atom is -0.480 e. The number of hydrogen-bond donors (Lipinski definition) is 2. The molecule has 1 amide bonds. The maximum Gasteiger partial charge on any atom is 0.317 e. The van der Waals surface area contributed by atoms with Crippen molar-refractivity contribution in [3.63, 3.8) is 0 Å². The van der Waals surface area contributed by atoms with Crippen molar-refractivity contribution in [2.24, 2.45) is 0 Å². The van der Waals surface area contributed by atoms with E-state index < -0.39 is 5.97 Å². The molecule has 108 valence electrons. The third-order valence-electron chi connectivity index (χ3n) is 2.58. The minimum atomic E-state index is -0.968. The van der Waals surface area contributed by atoms with Gasteiger partial charge < -0.3 is 10.4 Å². The van der Waals surface area contributed by atoms with Gasteiger partial charge in [0.1, 0.15) is 0 Å². The zero-order valence-electron chi connectivity index (χ0n) is 11.2. The number of anilines is 1. The fourth-order valence-corrected chi connectivity index (χ4v) is 2.37. The van der Waals surface area contributed by atoms with Gasteiger partial charge in [0.05, 0.1) is 13.1 Å². The van der Waals surface area contributed by atoms with Crippen molar-refractivity contribution < 1.29 is 14.7 Å². The van der Waals surface area contributed by atoms with Crippen molar-refractivity contribution in [1.29, 1.82) is 0 Å². The molecule has 0 aliphatic carbocycles. The summed E-state index contributed by atoms with van der Waals surface area (Å²) >= 11 is 2.20. The molecular weight excluding hydrogens is 371 g/mol. The number of carboxylic acid groups (broad SMARTS) is 1. The molecule has 0 spiro atoms. The molecule has 0 radical (unpaired) electrons. The summed E-state index contributed by atoms with van der Waals surface area (Å²) in [7, 11) is 0. The molecular formula is C14H17IN2O3. The fourth-order valence-electron chi connectivity index (χ4n) is 1.72. The number of rotatable bonds is 7. The number of nitrogens with zero attached hydrogens (tertiary/aromatic N) is 1. The maximum absolute atomic E-state index is 11.9. The number of hydrogen-bond acceptors (Lipinski definition) is 3. The molecule has 0 bridgehead atoms. The van der Waals surface area contributed by atoms with Crippen molar-refractivity contribution in [1.82, 2.24) is 4.90 Å². The van der Waals surface area contributed by atoms with Crippen molar-refractivity contribution in [2.45, 2.75) is 6.92 Å². The Morgan fingerprint density at radius 2 is 2.15 bits per heavy atom. The second kappa shape index (κ2) is 8.01. The van der Waals surface area contributed by atoms with Crippen LogP contribution in [0.5, 0.6) is 0 Å². The van der Waals surface area contributed by atoms with E-state index in [2.05, 4.69) is 34.5 Å². The van der Waals surface area contributed by atoms with E-state index in [0.717, 1.165) is 14.8 Å². The lowest BCUT2D eigenvalue weighted by Gasteiger charge is -2.18. The van der Waals surface area contributed by atoms with Crippen molar-refractivity contribution in [2.75, 3.05) is 25.0 Å². The first kappa shape index (κ1) is 16.6. The first-order chi connectivity index (χ1) is 9.42. The molecule has 1 aromatic carbocycles. The highest BCUT2D eigenvalue weighted by molar-refractivity contribution is 14.1. The van der Waals surface area contributed by atoms with Crippen LogP contribution in [0.1, 0.15) is 5.56 Å². The summed E-state index contributed by atoms with van der Waals surface area (Å²) in [4.78, 5) is 24.1. The van der Waals surface area contributed by atoms with E-state index in [1.807, 2.05) is 25.1 Å². The number of benzene rings is 1. The average molecular weight is 388 g/mol. The Morgan fingerprint density at radius 3 is 2.70 bits per heavy atom. The molecule has 1 aromatic rings. The van der Waals surface area contributed by atoms with Crippen molar-refractivity contribution in [3.8, 4) is 0 Å². The maximum atomic E-state index is 11.9. The number of aryl methyl sites for hydroxylation is 1. The minimum absolute atomic E-state index is 0.0176. The second-order valence-corrected chi connectivity index (χ2v) is 5.61. The molecule has 0 heterocycles. The van der Waals surface area contributed by atoms with Crippen LogP contribution < -0.4 is 5.32 Å². The summed E-state index contributed by atoms with van der Waals surface area (Å²) in [6.45, 7) is 5.65. The van der Waals surface area contributed by atoms with Crippen LogP contribution in [-0.2, 0) is 9.59 Å². The van der Waals surface area contributed by atoms with Crippen LogP contribution in [0, 0.1) is 10.5 Å². The van der Waals surface area contributed by atoms with Gasteiger partial charge in [0.2, 0.25) is 5.91 Å². The SMILES string of the molecule is C=CCN(CC(=O)O)CC(=O)Nc1ccc(I)cc1C. The smallest absolute Gasteiger partial charge is 0.317 e. The van der Waals surface area contributed by atoms with Crippen LogP contribution >= 0.6 is 22.6 Å². The Morgan fingerprint density at radius 1 is 1.45 bits per heavy atom. The lowest BCUT2D eigenvalue weighted by molar-refractivity contribution is -0.138. The van der Waals surface area contributed by atoms with Gasteiger partial charge in [-0.1, -0.05) is 6.08 Å². The zero-order valence-corrected chi connectivity index (χ0v) is 13.4. The molecule has 20 heavy (non-hydrogen) atoms. The Hall–Kier alpha value is -1.41. The number of aliphatic carboxylic acids is 1. The third-order valence-corrected chi connectivity index (χ3v) is 3.25. The van der Waals surface area contributed by atoms with E-state index in [4.69, 9.17) is 5.11 Å². The topological polar surface area (TPSA) is 69.6 Å². The molecule has 2 N–H and O–H groups in total. The first-order valence-electron chi connectivity index (χ1n) is 6.03. The van der Waals surface area contributed by atoms with E-state index in [9.17, 15) is 9.59 Å². The summed E-state index contributed by atoms with van der Waals surface area (Å²) in [6.07, 6.45) is 1.58. The Bertz CT molecular complexity index is 517. The largest absolute Gasteiger partial charge is 0.480 e. The van der Waals surface area contributed by atoms with Gasteiger partial charge in [-0.25, -0.2) is 0 Å². The quantitative estimate of drug-likeness (QED) is 0.555. The summed E-state index contributed by atoms with van der Waals surface area (Å²) in [6, 6.07) is 5.71. The highest BCUT2D eigenvalue weighted by Crippen LogP contribution is 2.17. The molecule has 6 heteroatoms. The lowest BCUT2D eigenvalue weighted by atomic mass is 10.2. The molecule has 5 nitrogen and oxygen atoms in total. The molecule has 0 aliphatic heterocycles. The van der Waals surface area contributed by atoms with E-state index in [0.29, 0.717) is 6.54 Å². The zero-order chi connectivity index (χ0) is 15.1. The van der Waals surface area contributed by atoms with Gasteiger partial charge in [-0.3, -0.25) is 14.5 Å². The van der Waals surface area contributed by atoms with Gasteiger partial charge >= 0.3 is 5.97 Å².